The number of hydrogen-bond acceptors (Lipinski definition) is 2. The highest BCUT2D eigenvalue weighted by atomic mass is 79.9. The van der Waals surface area contributed by atoms with Gasteiger partial charge in [0.1, 0.15) is 11.4 Å². The van der Waals surface area contributed by atoms with E-state index in [0.29, 0.717) is 19.4 Å². The van der Waals surface area contributed by atoms with Gasteiger partial charge in [-0.2, -0.15) is 0 Å². The van der Waals surface area contributed by atoms with Gasteiger partial charge < -0.3 is 9.64 Å². The van der Waals surface area contributed by atoms with Crippen LogP contribution >= 0.6 is 15.9 Å². The van der Waals surface area contributed by atoms with E-state index in [1.807, 2.05) is 24.3 Å². The molecule has 0 saturated carbocycles. The van der Waals surface area contributed by atoms with Crippen molar-refractivity contribution in [3.63, 3.8) is 0 Å². The van der Waals surface area contributed by atoms with Gasteiger partial charge in [0.05, 0.1) is 6.04 Å². The van der Waals surface area contributed by atoms with Crippen molar-refractivity contribution in [2.24, 2.45) is 0 Å². The van der Waals surface area contributed by atoms with Crippen molar-refractivity contribution in [3.8, 4) is 0 Å². The van der Waals surface area contributed by atoms with E-state index in [0.717, 1.165) is 22.0 Å². The van der Waals surface area contributed by atoms with Crippen molar-refractivity contribution in [2.75, 3.05) is 6.54 Å². The largest absolute Gasteiger partial charge is 0.437 e. The molecule has 3 rings (SSSR count). The standard InChI is InChI=1S/C22H23BrFNO2/c1-3-13-22(17-7-11-19(24)12-8-17)14-15-25(21(26)27-22)20(4-2)16-5-9-18(23)10-6-16/h3,5-12,20H,1,4,13-15H2,2H3/t20-,22+/m0/s1. The number of rotatable bonds is 6. The van der Waals surface area contributed by atoms with E-state index in [1.54, 1.807) is 23.1 Å². The van der Waals surface area contributed by atoms with Crippen molar-refractivity contribution < 1.29 is 13.9 Å². The zero-order chi connectivity index (χ0) is 19.4. The monoisotopic (exact) mass is 431 g/mol. The zero-order valence-corrected chi connectivity index (χ0v) is 16.9. The molecule has 2 aromatic rings. The van der Waals surface area contributed by atoms with Crippen LogP contribution in [-0.2, 0) is 10.3 Å². The van der Waals surface area contributed by atoms with E-state index in [1.165, 1.54) is 12.1 Å². The third-order valence-corrected chi connectivity index (χ3v) is 5.66. The minimum Gasteiger partial charge on any atom is -0.437 e. The molecule has 0 aliphatic carbocycles. The van der Waals surface area contributed by atoms with Gasteiger partial charge in [0.2, 0.25) is 0 Å². The summed E-state index contributed by atoms with van der Waals surface area (Å²) in [6.45, 7) is 6.44. The molecule has 0 radical (unpaired) electrons. The van der Waals surface area contributed by atoms with Gasteiger partial charge in [0.15, 0.2) is 0 Å². The minimum atomic E-state index is -0.791. The Kier molecular flexibility index (Phi) is 6.00. The molecule has 3 nitrogen and oxygen atoms in total. The Labute approximate surface area is 168 Å². The molecule has 0 unspecified atom stereocenters. The summed E-state index contributed by atoms with van der Waals surface area (Å²) in [4.78, 5) is 14.7. The highest BCUT2D eigenvalue weighted by Crippen LogP contribution is 2.40. The molecule has 2 atom stereocenters. The normalized spacial score (nSPS) is 20.9. The molecule has 2 aromatic carbocycles. The number of cyclic esters (lactones) is 1. The third-order valence-electron chi connectivity index (χ3n) is 5.14. The fourth-order valence-corrected chi connectivity index (χ4v) is 3.99. The average molecular weight is 432 g/mol. The van der Waals surface area contributed by atoms with Crippen molar-refractivity contribution >= 4 is 22.0 Å². The maximum atomic E-state index is 13.3. The fraction of sp³-hybridized carbons (Fsp3) is 0.318. The van der Waals surface area contributed by atoms with Crippen LogP contribution in [0.1, 0.15) is 43.4 Å². The van der Waals surface area contributed by atoms with Crippen LogP contribution in [-0.4, -0.2) is 17.5 Å². The molecule has 142 valence electrons. The highest BCUT2D eigenvalue weighted by Gasteiger charge is 2.43. The summed E-state index contributed by atoms with van der Waals surface area (Å²) in [5.41, 5.74) is 1.09. The number of ether oxygens (including phenoxy) is 1. The summed E-state index contributed by atoms with van der Waals surface area (Å²) in [6.07, 6.45) is 3.32. The molecule has 0 aromatic heterocycles. The molecule has 1 aliphatic rings. The SMILES string of the molecule is C=CC[C@]1(c2ccc(F)cc2)CCN([C@@H](CC)c2ccc(Br)cc2)C(=O)O1. The Bertz CT molecular complexity index is 806. The molecule has 0 N–H and O–H groups in total. The number of halogens is 2. The van der Waals surface area contributed by atoms with Crippen molar-refractivity contribution in [2.45, 2.75) is 37.8 Å². The molecule has 1 heterocycles. The Morgan fingerprint density at radius 2 is 1.93 bits per heavy atom. The molecule has 1 aliphatic heterocycles. The van der Waals surface area contributed by atoms with E-state index < -0.39 is 5.60 Å². The van der Waals surface area contributed by atoms with Gasteiger partial charge in [-0.25, -0.2) is 9.18 Å². The first-order valence-electron chi connectivity index (χ1n) is 9.11. The van der Waals surface area contributed by atoms with E-state index in [4.69, 9.17) is 4.74 Å². The van der Waals surface area contributed by atoms with E-state index in [-0.39, 0.29) is 18.0 Å². The lowest BCUT2D eigenvalue weighted by molar-refractivity contribution is -0.0607. The Morgan fingerprint density at radius 3 is 2.48 bits per heavy atom. The molecule has 1 fully saturated rings. The number of benzene rings is 2. The van der Waals surface area contributed by atoms with Crippen LogP contribution in [0.4, 0.5) is 9.18 Å². The number of nitrogens with zero attached hydrogens (tertiary/aromatic N) is 1. The van der Waals surface area contributed by atoms with Crippen LogP contribution < -0.4 is 0 Å². The Hall–Kier alpha value is -2.14. The summed E-state index contributed by atoms with van der Waals surface area (Å²) in [5, 5.41) is 0. The molecule has 1 saturated heterocycles. The van der Waals surface area contributed by atoms with Gasteiger partial charge in [-0.3, -0.25) is 0 Å². The molecule has 27 heavy (non-hydrogen) atoms. The first-order chi connectivity index (χ1) is 13.0. The fourth-order valence-electron chi connectivity index (χ4n) is 3.72. The van der Waals surface area contributed by atoms with Crippen molar-refractivity contribution in [1.82, 2.24) is 4.90 Å². The number of carbonyl (C=O) groups is 1. The predicted molar refractivity (Wildman–Crippen MR) is 108 cm³/mol. The Balaban J connectivity index is 1.86. The maximum absolute atomic E-state index is 13.3. The van der Waals surface area contributed by atoms with Crippen molar-refractivity contribution in [3.05, 3.63) is 82.6 Å². The molecule has 5 heteroatoms. The lowest BCUT2D eigenvalue weighted by Gasteiger charge is -2.43. The van der Waals surface area contributed by atoms with Gasteiger partial charge in [0, 0.05) is 23.9 Å². The average Bonchev–Trinajstić information content (AvgIpc) is 2.66. The van der Waals surface area contributed by atoms with Crippen LogP contribution in [0.5, 0.6) is 0 Å². The highest BCUT2D eigenvalue weighted by molar-refractivity contribution is 9.10. The molecule has 0 bridgehead atoms. The summed E-state index contributed by atoms with van der Waals surface area (Å²) < 4.78 is 20.3. The van der Waals surface area contributed by atoms with Crippen LogP contribution in [0.2, 0.25) is 0 Å². The van der Waals surface area contributed by atoms with Crippen LogP contribution in [0.25, 0.3) is 0 Å². The minimum absolute atomic E-state index is 0.0412. The van der Waals surface area contributed by atoms with Crippen LogP contribution in [0.3, 0.4) is 0 Å². The third kappa shape index (κ3) is 4.08. The molecular formula is C22H23BrFNO2. The lowest BCUT2D eigenvalue weighted by atomic mass is 9.85. The lowest BCUT2D eigenvalue weighted by Crippen LogP contribution is -2.49. The number of hydrogen-bond donors (Lipinski definition) is 0. The van der Waals surface area contributed by atoms with E-state index >= 15 is 0 Å². The van der Waals surface area contributed by atoms with Crippen molar-refractivity contribution in [1.29, 1.82) is 0 Å². The summed E-state index contributed by atoms with van der Waals surface area (Å²) in [7, 11) is 0. The second-order valence-corrected chi connectivity index (χ2v) is 7.70. The summed E-state index contributed by atoms with van der Waals surface area (Å²) >= 11 is 3.45. The van der Waals surface area contributed by atoms with Gasteiger partial charge in [-0.05, 0) is 41.8 Å². The van der Waals surface area contributed by atoms with Gasteiger partial charge >= 0.3 is 6.09 Å². The smallest absolute Gasteiger partial charge is 0.411 e. The maximum Gasteiger partial charge on any atom is 0.411 e. The zero-order valence-electron chi connectivity index (χ0n) is 15.3. The molecule has 1 amide bonds. The Morgan fingerprint density at radius 1 is 1.26 bits per heavy atom. The summed E-state index contributed by atoms with van der Waals surface area (Å²) in [6, 6.07) is 14.1. The number of amides is 1. The topological polar surface area (TPSA) is 29.5 Å². The quantitative estimate of drug-likeness (QED) is 0.498. The first kappa shape index (κ1) is 19.6. The first-order valence-corrected chi connectivity index (χ1v) is 9.90. The predicted octanol–water partition coefficient (Wildman–Crippen LogP) is 6.35. The number of carbonyl (C=O) groups excluding carboxylic acids is 1. The van der Waals surface area contributed by atoms with E-state index in [2.05, 4.69) is 29.4 Å². The second kappa shape index (κ2) is 8.26. The molecule has 0 spiro atoms. The van der Waals surface area contributed by atoms with Gasteiger partial charge in [0.25, 0.3) is 0 Å². The van der Waals surface area contributed by atoms with Gasteiger partial charge in [-0.1, -0.05) is 53.2 Å². The van der Waals surface area contributed by atoms with Gasteiger partial charge in [-0.15, -0.1) is 6.58 Å². The second-order valence-electron chi connectivity index (χ2n) is 6.78. The van der Waals surface area contributed by atoms with Crippen LogP contribution in [0, 0.1) is 5.82 Å². The summed E-state index contributed by atoms with van der Waals surface area (Å²) in [5.74, 6) is -0.308. The molecular weight excluding hydrogens is 409 g/mol. The van der Waals surface area contributed by atoms with Crippen LogP contribution in [0.15, 0.2) is 65.7 Å². The van der Waals surface area contributed by atoms with E-state index in [9.17, 15) is 9.18 Å².